The molecule has 0 heterocycles. The van der Waals surface area contributed by atoms with Gasteiger partial charge in [0.25, 0.3) is 0 Å². The first kappa shape index (κ1) is 6.35. The molecule has 3 fully saturated rings. The maximum absolute atomic E-state index is 11.1. The molecule has 0 aromatic carbocycles. The summed E-state index contributed by atoms with van der Waals surface area (Å²) in [4.78, 5) is 11.1. The second-order valence-electron chi connectivity index (χ2n) is 3.52. The number of Topliss-reactive ketones (excluding diaryl/α,β-unsaturated/α-hetero) is 1. The van der Waals surface area contributed by atoms with E-state index in [0.717, 1.165) is 25.7 Å². The van der Waals surface area contributed by atoms with Crippen molar-refractivity contribution >= 4 is 5.78 Å². The van der Waals surface area contributed by atoms with Crippen LogP contribution in [0.1, 0.15) is 25.7 Å². The second kappa shape index (κ2) is 2.06. The van der Waals surface area contributed by atoms with Crippen LogP contribution in [0.2, 0.25) is 0 Å². The highest BCUT2D eigenvalue weighted by atomic mass is 16.3. The summed E-state index contributed by atoms with van der Waals surface area (Å²) in [6.07, 6.45) is 3.40. The van der Waals surface area contributed by atoms with Crippen LogP contribution in [0.5, 0.6) is 0 Å². The fraction of sp³-hybridized carbons (Fsp3) is 0.875. The molecule has 3 aliphatic carbocycles. The van der Waals surface area contributed by atoms with E-state index >= 15 is 0 Å². The van der Waals surface area contributed by atoms with Crippen molar-refractivity contribution in [1.29, 1.82) is 0 Å². The summed E-state index contributed by atoms with van der Waals surface area (Å²) in [7, 11) is 0. The van der Waals surface area contributed by atoms with Gasteiger partial charge in [0.2, 0.25) is 0 Å². The highest BCUT2D eigenvalue weighted by Crippen LogP contribution is 2.38. The third kappa shape index (κ3) is 0.788. The summed E-state index contributed by atoms with van der Waals surface area (Å²) in [5, 5.41) is 9.35. The summed E-state index contributed by atoms with van der Waals surface area (Å²) < 4.78 is 0. The van der Waals surface area contributed by atoms with Crippen molar-refractivity contribution in [2.75, 3.05) is 0 Å². The smallest absolute Gasteiger partial charge is 0.138 e. The Morgan fingerprint density at radius 1 is 1.40 bits per heavy atom. The molecule has 3 rings (SSSR count). The van der Waals surface area contributed by atoms with Crippen LogP contribution >= 0.6 is 0 Å². The SMILES string of the molecule is O=C1C[C@H]2CC[C@@H]1[C@H](O)C2. The van der Waals surface area contributed by atoms with E-state index in [1.165, 1.54) is 0 Å². The lowest BCUT2D eigenvalue weighted by Gasteiger charge is -2.38. The predicted molar refractivity (Wildman–Crippen MR) is 36.5 cm³/mol. The van der Waals surface area contributed by atoms with Gasteiger partial charge in [-0.1, -0.05) is 0 Å². The van der Waals surface area contributed by atoms with Crippen LogP contribution in [-0.4, -0.2) is 17.0 Å². The van der Waals surface area contributed by atoms with E-state index < -0.39 is 0 Å². The Bertz CT molecular complexity index is 165. The van der Waals surface area contributed by atoms with Gasteiger partial charge in [-0.25, -0.2) is 0 Å². The van der Waals surface area contributed by atoms with E-state index in [1.807, 2.05) is 0 Å². The fourth-order valence-electron chi connectivity index (χ4n) is 2.23. The molecule has 3 atom stereocenters. The molecule has 10 heavy (non-hydrogen) atoms. The van der Waals surface area contributed by atoms with Crippen molar-refractivity contribution < 1.29 is 9.90 Å². The fourth-order valence-corrected chi connectivity index (χ4v) is 2.23. The molecule has 0 unspecified atom stereocenters. The topological polar surface area (TPSA) is 37.3 Å². The lowest BCUT2D eigenvalue weighted by Crippen LogP contribution is -2.41. The molecule has 2 nitrogen and oxygen atoms in total. The van der Waals surface area contributed by atoms with Gasteiger partial charge in [0.1, 0.15) is 5.78 Å². The molecule has 3 saturated carbocycles. The van der Waals surface area contributed by atoms with Gasteiger partial charge in [0, 0.05) is 12.3 Å². The number of carbonyl (C=O) groups excluding carboxylic acids is 1. The molecule has 0 aromatic heterocycles. The molecular weight excluding hydrogens is 128 g/mol. The van der Waals surface area contributed by atoms with E-state index in [2.05, 4.69) is 0 Å². The molecule has 3 aliphatic rings. The Balaban J connectivity index is 2.18. The molecular formula is C8H12O2. The second-order valence-corrected chi connectivity index (χ2v) is 3.52. The van der Waals surface area contributed by atoms with E-state index in [9.17, 15) is 9.90 Å². The minimum absolute atomic E-state index is 0.00463. The Kier molecular flexibility index (Phi) is 1.31. The van der Waals surface area contributed by atoms with Crippen LogP contribution in [0.4, 0.5) is 0 Å². The van der Waals surface area contributed by atoms with Crippen molar-refractivity contribution in [2.45, 2.75) is 31.8 Å². The van der Waals surface area contributed by atoms with Crippen molar-refractivity contribution in [3.63, 3.8) is 0 Å². The molecule has 0 spiro atoms. The normalized spacial score (nSPS) is 46.1. The van der Waals surface area contributed by atoms with Crippen molar-refractivity contribution in [3.8, 4) is 0 Å². The van der Waals surface area contributed by atoms with Gasteiger partial charge in [-0.15, -0.1) is 0 Å². The summed E-state index contributed by atoms with van der Waals surface area (Å²) in [5.74, 6) is 0.812. The number of aliphatic hydroxyl groups excluding tert-OH is 1. The van der Waals surface area contributed by atoms with Crippen LogP contribution in [-0.2, 0) is 4.79 Å². The van der Waals surface area contributed by atoms with Gasteiger partial charge in [0.05, 0.1) is 6.10 Å². The molecule has 0 aromatic rings. The van der Waals surface area contributed by atoms with Gasteiger partial charge < -0.3 is 5.11 Å². The van der Waals surface area contributed by atoms with Gasteiger partial charge in [0.15, 0.2) is 0 Å². The molecule has 2 bridgehead atoms. The Hall–Kier alpha value is -0.370. The van der Waals surface area contributed by atoms with Gasteiger partial charge >= 0.3 is 0 Å². The summed E-state index contributed by atoms with van der Waals surface area (Å²) >= 11 is 0. The molecule has 0 amide bonds. The molecule has 56 valence electrons. The van der Waals surface area contributed by atoms with Crippen LogP contribution < -0.4 is 0 Å². The summed E-state index contributed by atoms with van der Waals surface area (Å²) in [6, 6.07) is 0. The van der Waals surface area contributed by atoms with E-state index in [1.54, 1.807) is 0 Å². The Morgan fingerprint density at radius 3 is 2.60 bits per heavy atom. The number of ketones is 1. The first-order valence-corrected chi connectivity index (χ1v) is 3.98. The minimum atomic E-state index is -0.306. The van der Waals surface area contributed by atoms with Crippen molar-refractivity contribution in [1.82, 2.24) is 0 Å². The molecule has 2 heteroatoms. The number of hydrogen-bond donors (Lipinski definition) is 1. The molecule has 1 N–H and O–H groups in total. The van der Waals surface area contributed by atoms with Crippen molar-refractivity contribution in [2.24, 2.45) is 11.8 Å². The van der Waals surface area contributed by atoms with Crippen molar-refractivity contribution in [3.05, 3.63) is 0 Å². The lowest BCUT2D eigenvalue weighted by molar-refractivity contribution is -0.136. The van der Waals surface area contributed by atoms with Crippen LogP contribution in [0.3, 0.4) is 0 Å². The number of rotatable bonds is 0. The monoisotopic (exact) mass is 140 g/mol. The number of carbonyl (C=O) groups is 1. The first-order valence-electron chi connectivity index (χ1n) is 3.98. The first-order chi connectivity index (χ1) is 4.77. The zero-order valence-corrected chi connectivity index (χ0v) is 5.92. The Morgan fingerprint density at radius 2 is 2.20 bits per heavy atom. The zero-order valence-electron chi connectivity index (χ0n) is 5.92. The largest absolute Gasteiger partial charge is 0.392 e. The van der Waals surface area contributed by atoms with E-state index in [4.69, 9.17) is 0 Å². The molecule has 0 radical (unpaired) electrons. The highest BCUT2D eigenvalue weighted by molar-refractivity contribution is 5.83. The van der Waals surface area contributed by atoms with Crippen LogP contribution in [0.15, 0.2) is 0 Å². The number of fused-ring (bicyclic) bond motifs is 3. The number of hydrogen-bond acceptors (Lipinski definition) is 2. The maximum atomic E-state index is 11.1. The minimum Gasteiger partial charge on any atom is -0.392 e. The molecule has 0 aliphatic heterocycles. The average molecular weight is 140 g/mol. The average Bonchev–Trinajstić information content (AvgIpc) is 1.86. The third-order valence-corrected chi connectivity index (χ3v) is 2.83. The van der Waals surface area contributed by atoms with Gasteiger partial charge in [-0.3, -0.25) is 4.79 Å². The Labute approximate surface area is 60.2 Å². The maximum Gasteiger partial charge on any atom is 0.138 e. The standard InChI is InChI=1S/C8H12O2/c9-7-3-5-1-2-6(7)8(10)4-5/h5-7,9H,1-4H2/t5-,6+,7+/m0/s1. The van der Waals surface area contributed by atoms with Gasteiger partial charge in [-0.05, 0) is 25.2 Å². The third-order valence-electron chi connectivity index (χ3n) is 2.83. The molecule has 0 saturated heterocycles. The predicted octanol–water partition coefficient (Wildman–Crippen LogP) is 0.736. The van der Waals surface area contributed by atoms with Gasteiger partial charge in [-0.2, -0.15) is 0 Å². The summed E-state index contributed by atoms with van der Waals surface area (Å²) in [5.41, 5.74) is 0. The lowest BCUT2D eigenvalue weighted by atomic mass is 9.68. The van der Waals surface area contributed by atoms with E-state index in [0.29, 0.717) is 11.7 Å². The van der Waals surface area contributed by atoms with E-state index in [-0.39, 0.29) is 12.0 Å². The number of aliphatic hydroxyl groups is 1. The zero-order chi connectivity index (χ0) is 7.14. The highest BCUT2D eigenvalue weighted by Gasteiger charge is 2.40. The van der Waals surface area contributed by atoms with Crippen LogP contribution in [0.25, 0.3) is 0 Å². The summed E-state index contributed by atoms with van der Waals surface area (Å²) in [6.45, 7) is 0. The van der Waals surface area contributed by atoms with Crippen LogP contribution in [0, 0.1) is 11.8 Å². The quantitative estimate of drug-likeness (QED) is 0.538.